The van der Waals surface area contributed by atoms with Crippen LogP contribution >= 0.6 is 11.8 Å². The van der Waals surface area contributed by atoms with Crippen LogP contribution in [-0.2, 0) is 51.2 Å². The number of carbonyl (C=O) groups excluding carboxylic acids is 8. The number of amides is 8. The van der Waals surface area contributed by atoms with Crippen molar-refractivity contribution in [3.8, 4) is 0 Å². The van der Waals surface area contributed by atoms with Gasteiger partial charge in [0, 0.05) is 42.9 Å². The average molecular weight is 878 g/mol. The maximum absolute atomic E-state index is 14.4. The lowest BCUT2D eigenvalue weighted by molar-refractivity contribution is -0.141. The topological polar surface area (TPSA) is 306 Å². The smallest absolute Gasteiger partial charge is 0.256 e. The molecule has 1 aliphatic rings. The molecule has 4 rings (SSSR count). The van der Waals surface area contributed by atoms with Crippen molar-refractivity contribution >= 4 is 69.9 Å². The van der Waals surface area contributed by atoms with Gasteiger partial charge in [-0.25, -0.2) is 5.84 Å². The van der Waals surface area contributed by atoms with Crippen molar-refractivity contribution in [1.82, 2.24) is 41.9 Å². The number of aromatic nitrogens is 1. The number of hydrazine groups is 1. The van der Waals surface area contributed by atoms with Crippen LogP contribution in [0.15, 0.2) is 60.8 Å². The Labute approximate surface area is 364 Å². The molecule has 1 fully saturated rings. The molecule has 0 saturated carbocycles. The first-order chi connectivity index (χ1) is 29.6. The van der Waals surface area contributed by atoms with Crippen molar-refractivity contribution in [3.63, 3.8) is 0 Å². The minimum Gasteiger partial charge on any atom is -0.370 e. The van der Waals surface area contributed by atoms with E-state index in [0.717, 1.165) is 10.9 Å². The summed E-state index contributed by atoms with van der Waals surface area (Å²) in [6.07, 6.45) is 3.89. The van der Waals surface area contributed by atoms with Crippen molar-refractivity contribution in [2.45, 2.75) is 95.0 Å². The first kappa shape index (κ1) is 48.7. The monoisotopic (exact) mass is 877 g/mol. The van der Waals surface area contributed by atoms with Crippen LogP contribution in [0, 0.1) is 5.92 Å². The van der Waals surface area contributed by atoms with Crippen LogP contribution in [0.2, 0.25) is 0 Å². The Hall–Kier alpha value is -5.99. The molecule has 336 valence electrons. The number of rotatable bonds is 24. The lowest BCUT2D eigenvalue weighted by Gasteiger charge is -2.30. The van der Waals surface area contributed by atoms with Gasteiger partial charge in [0.15, 0.2) is 0 Å². The number of primary amides is 1. The van der Waals surface area contributed by atoms with Gasteiger partial charge < -0.3 is 47.9 Å². The predicted molar refractivity (Wildman–Crippen MR) is 234 cm³/mol. The molecule has 20 heteroatoms. The molecule has 3 aromatic rings. The number of nitrogens with two attached hydrogens (primary N) is 3. The zero-order valence-electron chi connectivity index (χ0n) is 35.2. The van der Waals surface area contributed by atoms with Gasteiger partial charge in [-0.1, -0.05) is 62.4 Å². The highest BCUT2D eigenvalue weighted by Crippen LogP contribution is 2.22. The number of hydrogen-bond donors (Lipinski definition) is 10. The van der Waals surface area contributed by atoms with Crippen LogP contribution < -0.4 is 49.3 Å². The number of likely N-dealkylation sites (tertiary alicyclic amines) is 1. The van der Waals surface area contributed by atoms with E-state index < -0.39 is 90.1 Å². The van der Waals surface area contributed by atoms with Gasteiger partial charge in [0.2, 0.25) is 41.4 Å². The summed E-state index contributed by atoms with van der Waals surface area (Å²) >= 11 is 1.50. The molecule has 0 spiro atoms. The fourth-order valence-corrected chi connectivity index (χ4v) is 7.73. The van der Waals surface area contributed by atoms with Crippen molar-refractivity contribution in [2.24, 2.45) is 23.2 Å². The summed E-state index contributed by atoms with van der Waals surface area (Å²) in [5.41, 5.74) is 15.0. The highest BCUT2D eigenvalue weighted by Gasteiger charge is 2.41. The maximum Gasteiger partial charge on any atom is 0.256 e. The largest absolute Gasteiger partial charge is 0.370 e. The fraction of sp³-hybridized carbons (Fsp3) is 0.476. The molecule has 2 aromatic carbocycles. The van der Waals surface area contributed by atoms with Crippen molar-refractivity contribution < 1.29 is 38.4 Å². The van der Waals surface area contributed by atoms with E-state index in [4.69, 9.17) is 17.3 Å². The van der Waals surface area contributed by atoms with E-state index in [1.165, 1.54) is 16.7 Å². The normalized spacial score (nSPS) is 16.1. The SMILES string of the molecule is CSCC[C@H](NC(=O)[C@@H](CC(C)C)N1CC[C@@H](NC(=O)[C@H](Cc2ccccc2)NC(=O)[C@H](Cc2c[nH]c3ccccc23)NC(=O)[C@H](CCC(N)=O)NC(=O)CN)C1=O)C(=O)NN. The molecule has 8 amide bonds. The number of hydrogen-bond acceptors (Lipinski definition) is 11. The van der Waals surface area contributed by atoms with E-state index in [1.54, 1.807) is 36.5 Å². The molecular formula is C42H59N11O8S. The Bertz CT molecular complexity index is 2050. The van der Waals surface area contributed by atoms with Crippen LogP contribution in [0.3, 0.4) is 0 Å². The quantitative estimate of drug-likeness (QED) is 0.0296. The van der Waals surface area contributed by atoms with Crippen LogP contribution in [0.1, 0.15) is 57.1 Å². The Kier molecular flexibility index (Phi) is 18.7. The molecule has 62 heavy (non-hydrogen) atoms. The average Bonchev–Trinajstić information content (AvgIpc) is 3.83. The van der Waals surface area contributed by atoms with Gasteiger partial charge in [-0.2, -0.15) is 11.8 Å². The third-order valence-electron chi connectivity index (χ3n) is 10.5. The number of benzene rings is 2. The van der Waals surface area contributed by atoms with E-state index in [-0.39, 0.29) is 51.0 Å². The maximum atomic E-state index is 14.4. The summed E-state index contributed by atoms with van der Waals surface area (Å²) < 4.78 is 0. The molecule has 0 aliphatic carbocycles. The van der Waals surface area contributed by atoms with Gasteiger partial charge in [-0.05, 0) is 60.8 Å². The summed E-state index contributed by atoms with van der Waals surface area (Å²) in [6.45, 7) is 3.51. The Morgan fingerprint density at radius 2 is 1.44 bits per heavy atom. The van der Waals surface area contributed by atoms with Gasteiger partial charge in [0.1, 0.15) is 36.3 Å². The number of fused-ring (bicyclic) bond motifs is 1. The van der Waals surface area contributed by atoms with Crippen LogP contribution in [0.25, 0.3) is 10.9 Å². The number of carbonyl (C=O) groups is 8. The molecule has 2 heterocycles. The second-order valence-corrected chi connectivity index (χ2v) is 16.6. The summed E-state index contributed by atoms with van der Waals surface area (Å²) in [7, 11) is 0. The second kappa shape index (κ2) is 23.9. The van der Waals surface area contributed by atoms with Crippen LogP contribution in [0.4, 0.5) is 0 Å². The van der Waals surface area contributed by atoms with Crippen molar-refractivity contribution in [3.05, 3.63) is 71.9 Å². The van der Waals surface area contributed by atoms with E-state index in [1.807, 2.05) is 44.4 Å². The predicted octanol–water partition coefficient (Wildman–Crippen LogP) is -1.01. The lowest BCUT2D eigenvalue weighted by atomic mass is 10.0. The molecule has 13 N–H and O–H groups in total. The summed E-state index contributed by atoms with van der Waals surface area (Å²) in [5, 5.41) is 14.3. The molecule has 0 radical (unpaired) electrons. The highest BCUT2D eigenvalue weighted by molar-refractivity contribution is 7.98. The van der Waals surface area contributed by atoms with Gasteiger partial charge in [-0.3, -0.25) is 43.8 Å². The van der Waals surface area contributed by atoms with Gasteiger partial charge in [0.05, 0.1) is 6.54 Å². The molecule has 1 saturated heterocycles. The molecule has 19 nitrogen and oxygen atoms in total. The van der Waals surface area contributed by atoms with Gasteiger partial charge >= 0.3 is 0 Å². The number of para-hydroxylation sites is 1. The Balaban J connectivity index is 1.59. The minimum absolute atomic E-state index is 0.00358. The second-order valence-electron chi connectivity index (χ2n) is 15.6. The third kappa shape index (κ3) is 14.0. The summed E-state index contributed by atoms with van der Waals surface area (Å²) in [6, 6.07) is 9.52. The number of nitrogens with one attached hydrogen (secondary N) is 7. The first-order valence-electron chi connectivity index (χ1n) is 20.5. The lowest BCUT2D eigenvalue weighted by Crippen LogP contribution is -2.59. The first-order valence-corrected chi connectivity index (χ1v) is 21.9. The number of nitrogens with zero attached hydrogens (tertiary/aromatic N) is 1. The molecular weight excluding hydrogens is 819 g/mol. The standard InChI is InChI=1S/C42H59N11O8S/c1-24(2)19-34(41(60)48-30(16-18-62-3)40(59)52-45)53-17-15-31(42(53)61)49-38(57)32(20-25-9-5-4-6-10-25)50-39(58)33(21-26-23-46-28-12-8-7-11-27(26)28)51-37(56)29(13-14-35(44)54)47-36(55)22-43/h4-12,23-24,29-34,46H,13-22,43,45H2,1-3H3,(H2,44,54)(H,47,55)(H,48,60)(H,49,57)(H,50,58)(H,51,56)(H,52,59)/t29-,30-,31+,32-,33-,34+/m0/s1. The van der Waals surface area contributed by atoms with Crippen LogP contribution in [-0.4, -0.2) is 118 Å². The molecule has 6 atom stereocenters. The van der Waals surface area contributed by atoms with Gasteiger partial charge in [-0.15, -0.1) is 0 Å². The Morgan fingerprint density at radius 3 is 2.08 bits per heavy atom. The number of H-pyrrole nitrogens is 1. The van der Waals surface area contributed by atoms with Crippen molar-refractivity contribution in [2.75, 3.05) is 25.1 Å². The fourth-order valence-electron chi connectivity index (χ4n) is 7.26. The Morgan fingerprint density at radius 1 is 0.806 bits per heavy atom. The van der Waals surface area contributed by atoms with Gasteiger partial charge in [0.25, 0.3) is 5.91 Å². The summed E-state index contributed by atoms with van der Waals surface area (Å²) in [4.78, 5) is 111. The molecule has 1 aliphatic heterocycles. The molecule has 0 unspecified atom stereocenters. The zero-order chi connectivity index (χ0) is 45.3. The zero-order valence-corrected chi connectivity index (χ0v) is 36.1. The number of aromatic amines is 1. The highest BCUT2D eigenvalue weighted by atomic mass is 32.2. The van der Waals surface area contributed by atoms with E-state index >= 15 is 0 Å². The van der Waals surface area contributed by atoms with Crippen molar-refractivity contribution in [1.29, 1.82) is 0 Å². The van der Waals surface area contributed by atoms with E-state index in [2.05, 4.69) is 37.0 Å². The van der Waals surface area contributed by atoms with Crippen LogP contribution in [0.5, 0.6) is 0 Å². The van der Waals surface area contributed by atoms with E-state index in [0.29, 0.717) is 23.3 Å². The van der Waals surface area contributed by atoms with E-state index in [9.17, 15) is 38.4 Å². The third-order valence-corrected chi connectivity index (χ3v) is 11.1. The molecule has 1 aromatic heterocycles. The minimum atomic E-state index is -1.31. The summed E-state index contributed by atoms with van der Waals surface area (Å²) in [5.74, 6) is 0.770. The number of thioether (sulfide) groups is 1. The molecule has 0 bridgehead atoms.